The van der Waals surface area contributed by atoms with Crippen molar-refractivity contribution in [2.24, 2.45) is 12.5 Å². The molecule has 0 aliphatic rings. The number of hydrogen-bond donors (Lipinski definition) is 1. The van der Waals surface area contributed by atoms with E-state index in [1.54, 1.807) is 56.9 Å². The van der Waals surface area contributed by atoms with Gasteiger partial charge in [-0.25, -0.2) is 10.3 Å². The number of aromatic nitrogens is 3. The third-order valence-electron chi connectivity index (χ3n) is 3.16. The van der Waals surface area contributed by atoms with E-state index in [1.165, 1.54) is 4.57 Å². The maximum atomic E-state index is 12.4. The third kappa shape index (κ3) is 3.19. The van der Waals surface area contributed by atoms with Gasteiger partial charge >= 0.3 is 5.97 Å². The number of carbonyl (C=O) groups is 1. The second-order valence-electron chi connectivity index (χ2n) is 6.11. The molecule has 2 rings (SSSR count). The number of nitrogens with zero attached hydrogens (tertiary/aromatic N) is 3. The molecule has 0 aromatic carbocycles. The van der Waals surface area contributed by atoms with Crippen molar-refractivity contribution in [3.8, 4) is 5.82 Å². The van der Waals surface area contributed by atoms with Crippen molar-refractivity contribution in [2.75, 3.05) is 5.48 Å². The van der Waals surface area contributed by atoms with E-state index in [2.05, 4.69) is 10.6 Å². The molecule has 0 aliphatic carbocycles. The fourth-order valence-corrected chi connectivity index (χ4v) is 1.67. The Balaban J connectivity index is 2.27. The maximum absolute atomic E-state index is 12.4. The number of anilines is 1. The molecule has 0 saturated carbocycles. The van der Waals surface area contributed by atoms with Gasteiger partial charge in [0.2, 0.25) is 0 Å². The van der Waals surface area contributed by atoms with Gasteiger partial charge < -0.3 is 4.84 Å². The van der Waals surface area contributed by atoms with Gasteiger partial charge in [-0.2, -0.15) is 5.10 Å². The highest BCUT2D eigenvalue weighted by molar-refractivity contribution is 5.76. The van der Waals surface area contributed by atoms with E-state index >= 15 is 0 Å². The van der Waals surface area contributed by atoms with Crippen LogP contribution in [-0.4, -0.2) is 20.3 Å². The minimum atomic E-state index is -0.654. The van der Waals surface area contributed by atoms with Crippen LogP contribution in [0.5, 0.6) is 0 Å². The normalized spacial score (nSPS) is 11.3. The van der Waals surface area contributed by atoms with Crippen LogP contribution in [0.1, 0.15) is 26.5 Å². The van der Waals surface area contributed by atoms with Gasteiger partial charge in [-0.3, -0.25) is 14.0 Å². The molecule has 0 saturated heterocycles. The van der Waals surface area contributed by atoms with Crippen molar-refractivity contribution < 1.29 is 9.63 Å². The fourth-order valence-electron chi connectivity index (χ4n) is 1.67. The molecule has 0 radical (unpaired) electrons. The zero-order valence-electron chi connectivity index (χ0n) is 13.4. The van der Waals surface area contributed by atoms with Gasteiger partial charge in [0.15, 0.2) is 5.82 Å². The summed E-state index contributed by atoms with van der Waals surface area (Å²) in [5, 5.41) is 4.26. The average Bonchev–Trinajstić information content (AvgIpc) is 2.76. The highest BCUT2D eigenvalue weighted by atomic mass is 16.7. The van der Waals surface area contributed by atoms with E-state index in [1.807, 2.05) is 6.92 Å². The molecule has 0 spiro atoms. The maximum Gasteiger partial charge on any atom is 0.337 e. The first-order valence-corrected chi connectivity index (χ1v) is 6.90. The lowest BCUT2D eigenvalue weighted by Gasteiger charge is -2.16. The summed E-state index contributed by atoms with van der Waals surface area (Å²) in [6.45, 7) is 7.10. The lowest BCUT2D eigenvalue weighted by Crippen LogP contribution is -2.28. The Morgan fingerprint density at radius 3 is 2.59 bits per heavy atom. The molecule has 22 heavy (non-hydrogen) atoms. The topological polar surface area (TPSA) is 78.2 Å². The van der Waals surface area contributed by atoms with Crippen molar-refractivity contribution in [3.63, 3.8) is 0 Å². The molecular weight excluding hydrogens is 284 g/mol. The van der Waals surface area contributed by atoms with E-state index in [9.17, 15) is 9.59 Å². The third-order valence-corrected chi connectivity index (χ3v) is 3.16. The van der Waals surface area contributed by atoms with Gasteiger partial charge in [0.25, 0.3) is 5.56 Å². The predicted octanol–water partition coefficient (Wildman–Crippen LogP) is 1.80. The van der Waals surface area contributed by atoms with E-state index in [-0.39, 0.29) is 11.2 Å². The van der Waals surface area contributed by atoms with Gasteiger partial charge in [0.1, 0.15) is 5.69 Å². The van der Waals surface area contributed by atoms with E-state index in [0.29, 0.717) is 5.82 Å². The van der Waals surface area contributed by atoms with Crippen molar-refractivity contribution >= 4 is 11.7 Å². The zero-order valence-corrected chi connectivity index (χ0v) is 13.4. The monoisotopic (exact) mass is 304 g/mol. The molecule has 2 aromatic rings. The number of carbonyl (C=O) groups excluding carboxylic acids is 1. The van der Waals surface area contributed by atoms with E-state index in [0.717, 1.165) is 5.69 Å². The summed E-state index contributed by atoms with van der Waals surface area (Å²) in [5.41, 5.74) is 2.53. The van der Waals surface area contributed by atoms with Crippen molar-refractivity contribution in [1.29, 1.82) is 0 Å². The molecule has 2 heterocycles. The fraction of sp³-hybridized carbons (Fsp3) is 0.400. The Labute approximate surface area is 128 Å². The molecule has 0 fully saturated rings. The van der Waals surface area contributed by atoms with Crippen LogP contribution in [0.25, 0.3) is 5.82 Å². The van der Waals surface area contributed by atoms with Crippen molar-refractivity contribution in [1.82, 2.24) is 14.3 Å². The quantitative estimate of drug-likeness (QED) is 0.875. The van der Waals surface area contributed by atoms with Crippen LogP contribution in [-0.2, 0) is 16.7 Å². The summed E-state index contributed by atoms with van der Waals surface area (Å²) in [6.07, 6.45) is 1.61. The first-order valence-electron chi connectivity index (χ1n) is 6.90. The Kier molecular flexibility index (Phi) is 4.07. The Morgan fingerprint density at radius 2 is 2.05 bits per heavy atom. The predicted molar refractivity (Wildman–Crippen MR) is 82.7 cm³/mol. The smallest absolute Gasteiger partial charge is 0.337 e. The molecule has 2 aromatic heterocycles. The summed E-state index contributed by atoms with van der Waals surface area (Å²) >= 11 is 0. The largest absolute Gasteiger partial charge is 0.343 e. The summed E-state index contributed by atoms with van der Waals surface area (Å²) in [5.74, 6) is 0.0618. The van der Waals surface area contributed by atoms with Crippen LogP contribution in [0.3, 0.4) is 0 Å². The van der Waals surface area contributed by atoms with Crippen molar-refractivity contribution in [3.05, 3.63) is 40.4 Å². The summed E-state index contributed by atoms with van der Waals surface area (Å²) in [6, 6.07) is 5.02. The average molecular weight is 304 g/mol. The Morgan fingerprint density at radius 1 is 1.36 bits per heavy atom. The Bertz CT molecular complexity index is 733. The van der Waals surface area contributed by atoms with Crippen LogP contribution < -0.4 is 11.0 Å². The van der Waals surface area contributed by atoms with Gasteiger partial charge in [0.05, 0.1) is 5.41 Å². The molecule has 118 valence electrons. The van der Waals surface area contributed by atoms with Crippen LogP contribution in [0.4, 0.5) is 5.69 Å². The molecule has 0 amide bonds. The molecule has 0 bridgehead atoms. The van der Waals surface area contributed by atoms with Crippen LogP contribution in [0.15, 0.2) is 29.2 Å². The van der Waals surface area contributed by atoms with Gasteiger partial charge in [0, 0.05) is 25.0 Å². The highest BCUT2D eigenvalue weighted by Gasteiger charge is 2.24. The molecule has 0 atom stereocenters. The summed E-state index contributed by atoms with van der Waals surface area (Å²) in [7, 11) is 1.80. The number of hydrogen-bond acceptors (Lipinski definition) is 5. The number of pyridine rings is 1. The summed E-state index contributed by atoms with van der Waals surface area (Å²) < 4.78 is 3.07. The van der Waals surface area contributed by atoms with Gasteiger partial charge in [-0.05, 0) is 39.8 Å². The SMILES string of the molecule is Cc1cc(-n2cccc(NOC(=O)C(C)(C)C)c2=O)nn1C. The second kappa shape index (κ2) is 5.67. The minimum Gasteiger partial charge on any atom is -0.343 e. The molecule has 0 unspecified atom stereocenters. The van der Waals surface area contributed by atoms with Crippen LogP contribution >= 0.6 is 0 Å². The van der Waals surface area contributed by atoms with E-state index < -0.39 is 11.4 Å². The standard InChI is InChI=1S/C15H20N4O3/c1-10-9-12(16-18(10)5)19-8-6-7-11(13(19)20)17-22-14(21)15(2,3)4/h6-9,17H,1-5H3. The number of aryl methyl sites for hydroxylation is 2. The van der Waals surface area contributed by atoms with Gasteiger partial charge in [-0.15, -0.1) is 0 Å². The lowest BCUT2D eigenvalue weighted by atomic mass is 9.98. The highest BCUT2D eigenvalue weighted by Crippen LogP contribution is 2.15. The first kappa shape index (κ1) is 15.8. The number of nitrogens with one attached hydrogen (secondary N) is 1. The van der Waals surface area contributed by atoms with Crippen molar-refractivity contribution in [2.45, 2.75) is 27.7 Å². The molecule has 0 aliphatic heterocycles. The molecular formula is C15H20N4O3. The molecule has 1 N–H and O–H groups in total. The Hall–Kier alpha value is -2.57. The number of rotatable bonds is 3. The summed E-state index contributed by atoms with van der Waals surface area (Å²) in [4.78, 5) is 29.1. The van der Waals surface area contributed by atoms with Crippen LogP contribution in [0.2, 0.25) is 0 Å². The van der Waals surface area contributed by atoms with Gasteiger partial charge in [-0.1, -0.05) is 0 Å². The zero-order chi connectivity index (χ0) is 16.5. The second-order valence-corrected chi connectivity index (χ2v) is 6.11. The lowest BCUT2D eigenvalue weighted by molar-refractivity contribution is -0.149. The van der Waals surface area contributed by atoms with Crippen LogP contribution in [0, 0.1) is 12.3 Å². The first-order chi connectivity index (χ1) is 10.2. The minimum absolute atomic E-state index is 0.170. The molecule has 7 nitrogen and oxygen atoms in total. The van der Waals surface area contributed by atoms with E-state index in [4.69, 9.17) is 4.84 Å². The molecule has 7 heteroatoms.